The van der Waals surface area contributed by atoms with Crippen molar-refractivity contribution in [2.75, 3.05) is 5.75 Å². The molecule has 0 saturated carbocycles. The number of unbranched alkanes of at least 4 members (excludes halogenated alkanes) is 1. The van der Waals surface area contributed by atoms with Crippen LogP contribution in [-0.2, 0) is 6.42 Å². The van der Waals surface area contributed by atoms with E-state index in [2.05, 4.69) is 67.2 Å². The highest BCUT2D eigenvalue weighted by atomic mass is 32.1. The lowest BCUT2D eigenvalue weighted by atomic mass is 9.92. The number of hydrogen-bond acceptors (Lipinski definition) is 1. The van der Waals surface area contributed by atoms with E-state index < -0.39 is 0 Å². The highest BCUT2D eigenvalue weighted by Gasteiger charge is 2.08. The molecular formula is C20H18S. The van der Waals surface area contributed by atoms with Crippen LogP contribution in [0.25, 0.3) is 32.3 Å². The Morgan fingerprint density at radius 1 is 0.667 bits per heavy atom. The standard InChI is InChI=1S/C20H18S/c21-11-2-1-4-14-12-17-9-7-15-5-3-6-16-8-10-18(13-14)20(17)19(15)16/h3,5-10,12-13,21H,1-2,4,11H2. The van der Waals surface area contributed by atoms with Crippen LogP contribution >= 0.6 is 12.6 Å². The zero-order valence-corrected chi connectivity index (χ0v) is 12.9. The van der Waals surface area contributed by atoms with Crippen molar-refractivity contribution in [3.05, 3.63) is 60.2 Å². The largest absolute Gasteiger partial charge is 0.179 e. The molecule has 0 aliphatic rings. The third kappa shape index (κ3) is 2.16. The fourth-order valence-electron chi connectivity index (χ4n) is 3.40. The Kier molecular flexibility index (Phi) is 3.23. The summed E-state index contributed by atoms with van der Waals surface area (Å²) in [5, 5.41) is 8.26. The molecule has 0 unspecified atom stereocenters. The van der Waals surface area contributed by atoms with Crippen LogP contribution in [0.2, 0.25) is 0 Å². The Morgan fingerprint density at radius 2 is 1.24 bits per heavy atom. The molecule has 0 aliphatic heterocycles. The van der Waals surface area contributed by atoms with Crippen LogP contribution < -0.4 is 0 Å². The van der Waals surface area contributed by atoms with E-state index in [1.165, 1.54) is 50.7 Å². The van der Waals surface area contributed by atoms with E-state index in [4.69, 9.17) is 0 Å². The van der Waals surface area contributed by atoms with Crippen molar-refractivity contribution >= 4 is 44.9 Å². The molecule has 0 spiro atoms. The van der Waals surface area contributed by atoms with Crippen molar-refractivity contribution in [3.63, 3.8) is 0 Å². The van der Waals surface area contributed by atoms with Gasteiger partial charge in [0.25, 0.3) is 0 Å². The Balaban J connectivity index is 1.95. The summed E-state index contributed by atoms with van der Waals surface area (Å²) in [6, 6.07) is 20.3. The summed E-state index contributed by atoms with van der Waals surface area (Å²) in [5.74, 6) is 0.980. The Morgan fingerprint density at radius 3 is 1.86 bits per heavy atom. The number of rotatable bonds is 4. The molecule has 0 nitrogen and oxygen atoms in total. The second-order valence-electron chi connectivity index (χ2n) is 5.81. The van der Waals surface area contributed by atoms with Crippen LogP contribution in [0.4, 0.5) is 0 Å². The molecule has 0 saturated heterocycles. The van der Waals surface area contributed by atoms with Crippen LogP contribution in [0.3, 0.4) is 0 Å². The Hall–Kier alpha value is -1.73. The van der Waals surface area contributed by atoms with Gasteiger partial charge in [-0.1, -0.05) is 54.6 Å². The van der Waals surface area contributed by atoms with E-state index in [1.807, 2.05) is 0 Å². The van der Waals surface area contributed by atoms with Gasteiger partial charge in [-0.15, -0.1) is 0 Å². The molecule has 0 aromatic heterocycles. The summed E-state index contributed by atoms with van der Waals surface area (Å²) in [5.41, 5.74) is 1.45. The minimum absolute atomic E-state index is 0.980. The van der Waals surface area contributed by atoms with E-state index in [0.717, 1.165) is 12.2 Å². The molecule has 0 bridgehead atoms. The highest BCUT2D eigenvalue weighted by Crippen LogP contribution is 2.35. The first-order valence-electron chi connectivity index (χ1n) is 7.64. The lowest BCUT2D eigenvalue weighted by Gasteiger charge is -2.12. The lowest BCUT2D eigenvalue weighted by molar-refractivity contribution is 0.805. The quantitative estimate of drug-likeness (QED) is 0.272. The number of thiol groups is 1. The van der Waals surface area contributed by atoms with Crippen LogP contribution in [0, 0.1) is 0 Å². The molecule has 0 N–H and O–H groups in total. The van der Waals surface area contributed by atoms with Crippen molar-refractivity contribution in [3.8, 4) is 0 Å². The molecule has 0 fully saturated rings. The maximum Gasteiger partial charge on any atom is -0.00266 e. The van der Waals surface area contributed by atoms with Crippen molar-refractivity contribution in [2.45, 2.75) is 19.3 Å². The molecule has 4 aromatic rings. The summed E-state index contributed by atoms with van der Waals surface area (Å²) in [7, 11) is 0. The molecule has 0 atom stereocenters. The maximum atomic E-state index is 4.30. The van der Waals surface area contributed by atoms with E-state index in [1.54, 1.807) is 0 Å². The molecule has 1 heteroatoms. The van der Waals surface area contributed by atoms with Gasteiger partial charge in [0.05, 0.1) is 0 Å². The second kappa shape index (κ2) is 5.23. The third-order valence-corrected chi connectivity index (χ3v) is 4.71. The average Bonchev–Trinajstić information content (AvgIpc) is 2.53. The smallest absolute Gasteiger partial charge is 0.00266 e. The van der Waals surface area contributed by atoms with Crippen molar-refractivity contribution in [2.24, 2.45) is 0 Å². The first kappa shape index (κ1) is 13.0. The minimum Gasteiger partial charge on any atom is -0.179 e. The summed E-state index contributed by atoms with van der Waals surface area (Å²) in [6.07, 6.45) is 3.56. The predicted molar refractivity (Wildman–Crippen MR) is 96.9 cm³/mol. The van der Waals surface area contributed by atoms with Gasteiger partial charge in [0.1, 0.15) is 0 Å². The van der Waals surface area contributed by atoms with E-state index in [-0.39, 0.29) is 0 Å². The molecule has 4 aromatic carbocycles. The Bertz CT molecular complexity index is 844. The first-order valence-corrected chi connectivity index (χ1v) is 8.27. The number of benzene rings is 4. The van der Waals surface area contributed by atoms with Gasteiger partial charge in [-0.25, -0.2) is 0 Å². The maximum absolute atomic E-state index is 4.30. The summed E-state index contributed by atoms with van der Waals surface area (Å²) < 4.78 is 0. The molecule has 0 heterocycles. The zero-order valence-electron chi connectivity index (χ0n) is 12.0. The summed E-state index contributed by atoms with van der Waals surface area (Å²) >= 11 is 4.30. The minimum atomic E-state index is 0.980. The summed E-state index contributed by atoms with van der Waals surface area (Å²) in [6.45, 7) is 0. The third-order valence-electron chi connectivity index (χ3n) is 4.40. The van der Waals surface area contributed by atoms with Gasteiger partial charge in [-0.05, 0) is 62.9 Å². The lowest BCUT2D eigenvalue weighted by Crippen LogP contribution is -1.89. The number of hydrogen-bond donors (Lipinski definition) is 1. The van der Waals surface area contributed by atoms with E-state index in [9.17, 15) is 0 Å². The zero-order chi connectivity index (χ0) is 14.2. The molecular weight excluding hydrogens is 272 g/mol. The van der Waals surface area contributed by atoms with Crippen LogP contribution in [0.15, 0.2) is 54.6 Å². The fourth-order valence-corrected chi connectivity index (χ4v) is 3.63. The van der Waals surface area contributed by atoms with Gasteiger partial charge < -0.3 is 0 Å². The topological polar surface area (TPSA) is 0 Å². The highest BCUT2D eigenvalue weighted by molar-refractivity contribution is 7.80. The van der Waals surface area contributed by atoms with Gasteiger partial charge in [0.15, 0.2) is 0 Å². The van der Waals surface area contributed by atoms with Gasteiger partial charge >= 0.3 is 0 Å². The van der Waals surface area contributed by atoms with E-state index >= 15 is 0 Å². The number of aryl methyl sites for hydroxylation is 1. The summed E-state index contributed by atoms with van der Waals surface area (Å²) in [4.78, 5) is 0. The SMILES string of the molecule is SCCCCc1cc2ccc3cccc4ccc(c1)c2c34. The monoisotopic (exact) mass is 290 g/mol. The first-order chi connectivity index (χ1) is 10.4. The van der Waals surface area contributed by atoms with E-state index in [0.29, 0.717) is 0 Å². The van der Waals surface area contributed by atoms with Gasteiger partial charge in [0, 0.05) is 0 Å². The van der Waals surface area contributed by atoms with Crippen LogP contribution in [0.5, 0.6) is 0 Å². The predicted octanol–water partition coefficient (Wildman–Crippen LogP) is 5.84. The van der Waals surface area contributed by atoms with Gasteiger partial charge in [-0.2, -0.15) is 12.6 Å². The average molecular weight is 290 g/mol. The molecule has 0 aliphatic carbocycles. The second-order valence-corrected chi connectivity index (χ2v) is 6.26. The molecule has 21 heavy (non-hydrogen) atoms. The van der Waals surface area contributed by atoms with Crippen molar-refractivity contribution < 1.29 is 0 Å². The normalized spacial score (nSPS) is 11.9. The molecule has 0 radical (unpaired) electrons. The molecule has 4 rings (SSSR count). The van der Waals surface area contributed by atoms with Gasteiger partial charge in [0.2, 0.25) is 0 Å². The van der Waals surface area contributed by atoms with Crippen molar-refractivity contribution in [1.82, 2.24) is 0 Å². The molecule has 0 amide bonds. The molecule has 104 valence electrons. The van der Waals surface area contributed by atoms with Crippen LogP contribution in [-0.4, -0.2) is 5.75 Å². The Labute approximate surface area is 130 Å². The van der Waals surface area contributed by atoms with Crippen LogP contribution in [0.1, 0.15) is 18.4 Å². The van der Waals surface area contributed by atoms with Gasteiger partial charge in [-0.3, -0.25) is 0 Å². The van der Waals surface area contributed by atoms with Crippen molar-refractivity contribution in [1.29, 1.82) is 0 Å². The fraction of sp³-hybridized carbons (Fsp3) is 0.200.